The summed E-state index contributed by atoms with van der Waals surface area (Å²) in [6.07, 6.45) is 0. The number of aromatic carboxylic acids is 1. The molecule has 0 aliphatic rings. The Morgan fingerprint density at radius 1 is 1.00 bits per heavy atom. The van der Waals surface area contributed by atoms with E-state index in [2.05, 4.69) is 0 Å². The number of halogens is 2. The first-order chi connectivity index (χ1) is 9.88. The molecule has 21 heavy (non-hydrogen) atoms. The maximum Gasteiger partial charge on any atom is 0.343 e. The molecule has 2 N–H and O–H groups in total. The van der Waals surface area contributed by atoms with Crippen LogP contribution in [0.2, 0.25) is 0 Å². The number of esters is 1. The van der Waals surface area contributed by atoms with Crippen LogP contribution in [0, 0.1) is 11.6 Å². The van der Waals surface area contributed by atoms with E-state index in [0.717, 1.165) is 36.4 Å². The Hall–Kier alpha value is -2.96. The average Bonchev–Trinajstić information content (AvgIpc) is 2.43. The zero-order valence-electron chi connectivity index (χ0n) is 10.3. The minimum absolute atomic E-state index is 0.188. The molecular formula is C14H8F2O5. The summed E-state index contributed by atoms with van der Waals surface area (Å²) in [5.41, 5.74) is -0.844. The van der Waals surface area contributed by atoms with Gasteiger partial charge in [0.2, 0.25) is 0 Å². The summed E-state index contributed by atoms with van der Waals surface area (Å²) in [6, 6.07) is 5.60. The number of rotatable bonds is 3. The Morgan fingerprint density at radius 2 is 1.71 bits per heavy atom. The highest BCUT2D eigenvalue weighted by molar-refractivity contribution is 5.92. The summed E-state index contributed by atoms with van der Waals surface area (Å²) >= 11 is 0. The van der Waals surface area contributed by atoms with Gasteiger partial charge in [-0.2, -0.15) is 0 Å². The molecule has 5 nitrogen and oxygen atoms in total. The lowest BCUT2D eigenvalue weighted by molar-refractivity contribution is 0.0682. The highest BCUT2D eigenvalue weighted by Gasteiger charge is 2.15. The Bertz CT molecular complexity index is 727. The molecule has 0 saturated heterocycles. The fraction of sp³-hybridized carbons (Fsp3) is 0. The number of hydrogen-bond acceptors (Lipinski definition) is 4. The molecule has 0 bridgehead atoms. The van der Waals surface area contributed by atoms with Gasteiger partial charge in [0.15, 0.2) is 11.6 Å². The number of carbonyl (C=O) groups excluding carboxylic acids is 1. The summed E-state index contributed by atoms with van der Waals surface area (Å²) < 4.78 is 31.1. The summed E-state index contributed by atoms with van der Waals surface area (Å²) in [4.78, 5) is 22.5. The van der Waals surface area contributed by atoms with Crippen molar-refractivity contribution in [3.8, 4) is 11.5 Å². The minimum atomic E-state index is -1.51. The molecule has 0 aromatic heterocycles. The van der Waals surface area contributed by atoms with Crippen molar-refractivity contribution in [1.29, 1.82) is 0 Å². The number of ether oxygens (including phenoxy) is 1. The van der Waals surface area contributed by atoms with Gasteiger partial charge >= 0.3 is 11.9 Å². The molecule has 2 aromatic carbocycles. The molecule has 0 atom stereocenters. The highest BCUT2D eigenvalue weighted by atomic mass is 19.1. The van der Waals surface area contributed by atoms with Crippen LogP contribution < -0.4 is 4.74 Å². The second kappa shape index (κ2) is 5.58. The van der Waals surface area contributed by atoms with Crippen LogP contribution in [-0.2, 0) is 0 Å². The molecule has 7 heteroatoms. The van der Waals surface area contributed by atoms with Crippen LogP contribution >= 0.6 is 0 Å². The molecule has 0 amide bonds. The maximum absolute atomic E-state index is 13.2. The molecule has 0 saturated carbocycles. The smallest absolute Gasteiger partial charge is 0.343 e. The Morgan fingerprint density at radius 3 is 2.33 bits per heavy atom. The number of hydrogen-bond donors (Lipinski definition) is 2. The number of carbonyl (C=O) groups is 2. The van der Waals surface area contributed by atoms with Crippen molar-refractivity contribution < 1.29 is 33.3 Å². The second-order valence-electron chi connectivity index (χ2n) is 4.00. The van der Waals surface area contributed by atoms with E-state index in [-0.39, 0.29) is 11.3 Å². The van der Waals surface area contributed by atoms with Crippen LogP contribution in [0.5, 0.6) is 11.5 Å². The van der Waals surface area contributed by atoms with Gasteiger partial charge in [-0.3, -0.25) is 0 Å². The van der Waals surface area contributed by atoms with Crippen molar-refractivity contribution in [3.05, 3.63) is 59.2 Å². The Balaban J connectivity index is 2.25. The van der Waals surface area contributed by atoms with Gasteiger partial charge in [-0.15, -0.1) is 0 Å². The van der Waals surface area contributed by atoms with Crippen molar-refractivity contribution in [1.82, 2.24) is 0 Å². The topological polar surface area (TPSA) is 83.8 Å². The molecule has 0 unspecified atom stereocenters. The summed E-state index contributed by atoms with van der Waals surface area (Å²) in [5, 5.41) is 17.8. The number of phenols is 1. The third-order valence-corrected chi connectivity index (χ3v) is 2.56. The predicted molar refractivity (Wildman–Crippen MR) is 66.4 cm³/mol. The van der Waals surface area contributed by atoms with E-state index in [4.69, 9.17) is 14.9 Å². The number of phenolic OH excluding ortho intramolecular Hbond substituents is 1. The van der Waals surface area contributed by atoms with Gasteiger partial charge in [0.25, 0.3) is 0 Å². The molecule has 0 radical (unpaired) electrons. The lowest BCUT2D eigenvalue weighted by atomic mass is 10.2. The third-order valence-electron chi connectivity index (χ3n) is 2.56. The first kappa shape index (κ1) is 14.4. The Kier molecular flexibility index (Phi) is 3.84. The van der Waals surface area contributed by atoms with E-state index in [9.17, 15) is 18.4 Å². The largest absolute Gasteiger partial charge is 0.505 e. The average molecular weight is 294 g/mol. The zero-order chi connectivity index (χ0) is 15.6. The van der Waals surface area contributed by atoms with Gasteiger partial charge < -0.3 is 14.9 Å². The van der Waals surface area contributed by atoms with E-state index in [1.807, 2.05) is 0 Å². The van der Waals surface area contributed by atoms with Crippen molar-refractivity contribution in [3.63, 3.8) is 0 Å². The van der Waals surface area contributed by atoms with Gasteiger partial charge in [-0.1, -0.05) is 0 Å². The van der Waals surface area contributed by atoms with Crippen molar-refractivity contribution >= 4 is 11.9 Å². The first-order valence-electron chi connectivity index (χ1n) is 5.62. The predicted octanol–water partition coefficient (Wildman–Crippen LogP) is 2.59. The van der Waals surface area contributed by atoms with Crippen molar-refractivity contribution in [2.75, 3.05) is 0 Å². The normalized spacial score (nSPS) is 10.2. The quantitative estimate of drug-likeness (QED) is 0.671. The summed E-state index contributed by atoms with van der Waals surface area (Å²) in [6.45, 7) is 0. The zero-order valence-corrected chi connectivity index (χ0v) is 10.3. The van der Waals surface area contributed by atoms with E-state index in [1.54, 1.807) is 0 Å². The molecule has 0 fully saturated rings. The number of aromatic hydroxyl groups is 1. The lowest BCUT2D eigenvalue weighted by Gasteiger charge is -2.06. The fourth-order valence-corrected chi connectivity index (χ4v) is 1.53. The van der Waals surface area contributed by atoms with Crippen LogP contribution in [-0.4, -0.2) is 22.2 Å². The maximum atomic E-state index is 13.2. The third kappa shape index (κ3) is 3.14. The summed E-state index contributed by atoms with van der Waals surface area (Å²) in [7, 11) is 0. The van der Waals surface area contributed by atoms with Gasteiger partial charge in [-0.05, 0) is 36.4 Å². The van der Waals surface area contributed by atoms with E-state index >= 15 is 0 Å². The van der Waals surface area contributed by atoms with Crippen LogP contribution in [0.25, 0.3) is 0 Å². The number of carboxylic acid groups (broad SMARTS) is 1. The molecule has 0 heterocycles. The molecule has 2 aromatic rings. The number of carboxylic acids is 1. The minimum Gasteiger partial charge on any atom is -0.505 e. The first-order valence-corrected chi connectivity index (χ1v) is 5.62. The second-order valence-corrected chi connectivity index (χ2v) is 4.00. The molecule has 0 spiro atoms. The molecular weight excluding hydrogens is 286 g/mol. The van der Waals surface area contributed by atoms with Gasteiger partial charge in [0.1, 0.15) is 11.6 Å². The molecule has 108 valence electrons. The monoisotopic (exact) mass is 294 g/mol. The van der Waals surface area contributed by atoms with Gasteiger partial charge in [0.05, 0.1) is 11.1 Å². The molecule has 0 aliphatic heterocycles. The van der Waals surface area contributed by atoms with E-state index in [0.29, 0.717) is 0 Å². The van der Waals surface area contributed by atoms with Gasteiger partial charge in [-0.25, -0.2) is 18.4 Å². The van der Waals surface area contributed by atoms with Crippen LogP contribution in [0.3, 0.4) is 0 Å². The van der Waals surface area contributed by atoms with Crippen LogP contribution in [0.15, 0.2) is 36.4 Å². The van der Waals surface area contributed by atoms with Gasteiger partial charge in [0, 0.05) is 0 Å². The van der Waals surface area contributed by atoms with Crippen molar-refractivity contribution in [2.24, 2.45) is 0 Å². The van der Waals surface area contributed by atoms with Crippen molar-refractivity contribution in [2.45, 2.75) is 0 Å². The Labute approximate surface area is 117 Å². The lowest BCUT2D eigenvalue weighted by Crippen LogP contribution is -2.10. The van der Waals surface area contributed by atoms with E-state index < -0.39 is 34.9 Å². The van der Waals surface area contributed by atoms with E-state index in [1.165, 1.54) is 0 Å². The van der Waals surface area contributed by atoms with Crippen LogP contribution in [0.4, 0.5) is 8.78 Å². The number of benzene rings is 2. The van der Waals surface area contributed by atoms with Crippen LogP contribution in [0.1, 0.15) is 20.7 Å². The molecule has 0 aliphatic carbocycles. The SMILES string of the molecule is O=C(Oc1ccc(F)c(C(=O)O)c1)c1ccc(O)c(F)c1. The standard InChI is InChI=1S/C14H8F2O5/c15-10-3-2-8(6-9(10)13(18)19)21-14(20)7-1-4-12(17)11(16)5-7/h1-6,17H,(H,18,19). The fourth-order valence-electron chi connectivity index (χ4n) is 1.53. The highest BCUT2D eigenvalue weighted by Crippen LogP contribution is 2.20. The summed E-state index contributed by atoms with van der Waals surface area (Å²) in [5.74, 6) is -5.29. The molecule has 2 rings (SSSR count).